The maximum absolute atomic E-state index is 13.2. The molecule has 2 aromatic heterocycles. The third-order valence-electron chi connectivity index (χ3n) is 5.53. The van der Waals surface area contributed by atoms with Crippen molar-refractivity contribution in [2.24, 2.45) is 7.05 Å². The number of nitrogens with zero attached hydrogens (tertiary/aromatic N) is 6. The van der Waals surface area contributed by atoms with Gasteiger partial charge in [-0.05, 0) is 24.6 Å². The fourth-order valence-electron chi connectivity index (χ4n) is 3.83. The van der Waals surface area contributed by atoms with Crippen molar-refractivity contribution in [2.75, 3.05) is 44.2 Å². The van der Waals surface area contributed by atoms with Crippen LogP contribution in [0.5, 0.6) is 0 Å². The Balaban J connectivity index is 1.79. The molecule has 166 valence electrons. The minimum absolute atomic E-state index is 0.130. The van der Waals surface area contributed by atoms with Crippen molar-refractivity contribution < 1.29 is 13.2 Å². The van der Waals surface area contributed by atoms with Gasteiger partial charge in [-0.3, -0.25) is 4.79 Å². The average molecular weight is 445 g/mol. The van der Waals surface area contributed by atoms with Crippen molar-refractivity contribution in [3.8, 4) is 6.07 Å². The zero-order chi connectivity index (χ0) is 22.6. The lowest BCUT2D eigenvalue weighted by Crippen LogP contribution is -2.36. The molecule has 0 spiro atoms. The lowest BCUT2D eigenvalue weighted by Gasteiger charge is -2.23. The van der Waals surface area contributed by atoms with E-state index in [-0.39, 0.29) is 10.8 Å². The number of aryl methyl sites for hydroxylation is 1. The highest BCUT2D eigenvalue weighted by Crippen LogP contribution is 2.22. The zero-order valence-corrected chi connectivity index (χ0v) is 19.0. The van der Waals surface area contributed by atoms with Crippen LogP contribution in [-0.2, 0) is 17.1 Å². The van der Waals surface area contributed by atoms with Crippen LogP contribution in [-0.4, -0.2) is 72.3 Å². The normalized spacial score (nSPS) is 15.1. The maximum atomic E-state index is 13.2. The van der Waals surface area contributed by atoms with Crippen LogP contribution >= 0.6 is 0 Å². The van der Waals surface area contributed by atoms with E-state index in [9.17, 15) is 18.5 Å². The molecule has 3 rings (SSSR count). The van der Waals surface area contributed by atoms with Gasteiger partial charge >= 0.3 is 0 Å². The van der Waals surface area contributed by atoms with Crippen LogP contribution in [0.1, 0.15) is 36.3 Å². The first-order valence-electron chi connectivity index (χ1n) is 10.4. The summed E-state index contributed by atoms with van der Waals surface area (Å²) in [4.78, 5) is 21.4. The quantitative estimate of drug-likeness (QED) is 0.672. The van der Waals surface area contributed by atoms with Crippen LogP contribution < -0.4 is 4.90 Å². The maximum Gasteiger partial charge on any atom is 0.270 e. The third kappa shape index (κ3) is 4.57. The molecule has 10 heteroatoms. The summed E-state index contributed by atoms with van der Waals surface area (Å²) in [5.41, 5.74) is 0.852. The highest BCUT2D eigenvalue weighted by Gasteiger charge is 2.28. The number of hydrogen-bond acceptors (Lipinski definition) is 6. The summed E-state index contributed by atoms with van der Waals surface area (Å²) in [5, 5.41) is 9.35. The molecule has 1 aliphatic rings. The van der Waals surface area contributed by atoms with Crippen LogP contribution in [0.15, 0.2) is 35.5 Å². The van der Waals surface area contributed by atoms with E-state index in [1.54, 1.807) is 48.7 Å². The van der Waals surface area contributed by atoms with E-state index in [1.807, 2.05) is 4.90 Å². The molecule has 3 heterocycles. The molecule has 31 heavy (non-hydrogen) atoms. The summed E-state index contributed by atoms with van der Waals surface area (Å²) in [6.45, 7) is 6.57. The minimum atomic E-state index is -3.63. The van der Waals surface area contributed by atoms with Crippen LogP contribution in [0, 0.1) is 11.3 Å². The second-order valence-corrected chi connectivity index (χ2v) is 9.32. The van der Waals surface area contributed by atoms with Gasteiger partial charge in [-0.25, -0.2) is 13.4 Å². The Bertz CT molecular complexity index is 1080. The number of pyridine rings is 1. The molecule has 2 aromatic rings. The Morgan fingerprint density at radius 2 is 1.97 bits per heavy atom. The Morgan fingerprint density at radius 1 is 1.23 bits per heavy atom. The smallest absolute Gasteiger partial charge is 0.270 e. The Kier molecular flexibility index (Phi) is 6.97. The number of anilines is 1. The van der Waals surface area contributed by atoms with E-state index in [0.29, 0.717) is 56.3 Å². The van der Waals surface area contributed by atoms with Crippen molar-refractivity contribution in [1.82, 2.24) is 18.8 Å². The molecule has 0 aliphatic carbocycles. The summed E-state index contributed by atoms with van der Waals surface area (Å²) in [6, 6.07) is 7.10. The predicted octanol–water partition coefficient (Wildman–Crippen LogP) is 1.67. The van der Waals surface area contributed by atoms with E-state index >= 15 is 0 Å². The number of carbonyl (C=O) groups is 1. The number of hydrogen-bond donors (Lipinski definition) is 0. The molecule has 0 radical (unpaired) electrons. The highest BCUT2D eigenvalue weighted by molar-refractivity contribution is 7.89. The van der Waals surface area contributed by atoms with Gasteiger partial charge < -0.3 is 14.4 Å². The fraction of sp³-hybridized carbons (Fsp3) is 0.476. The Morgan fingerprint density at radius 3 is 2.65 bits per heavy atom. The molecule has 0 atom stereocenters. The minimum Gasteiger partial charge on any atom is -0.354 e. The first-order valence-corrected chi connectivity index (χ1v) is 11.8. The van der Waals surface area contributed by atoms with Gasteiger partial charge in [-0.2, -0.15) is 9.57 Å². The van der Waals surface area contributed by atoms with Gasteiger partial charge in [-0.15, -0.1) is 0 Å². The first kappa shape index (κ1) is 22.8. The second-order valence-electron chi connectivity index (χ2n) is 7.38. The number of amides is 1. The molecule has 0 N–H and O–H groups in total. The standard InChI is InChI=1S/C21H28N6O3S/c1-4-27(5-2)31(29,30)18-14-19(24(3)16-18)21(28)26-11-7-10-25(12-13-26)20-17(15-22)8-6-9-23-20/h6,8-9,14,16H,4-5,7,10-13H2,1-3H3. The molecule has 0 saturated carbocycles. The average Bonchev–Trinajstić information content (AvgIpc) is 3.01. The Hall–Kier alpha value is -2.90. The van der Waals surface area contributed by atoms with E-state index in [1.165, 1.54) is 16.6 Å². The molecular formula is C21H28N6O3S. The second kappa shape index (κ2) is 9.49. The number of nitriles is 1. The van der Waals surface area contributed by atoms with Crippen molar-refractivity contribution >= 4 is 21.7 Å². The third-order valence-corrected chi connectivity index (χ3v) is 7.55. The molecule has 1 amide bonds. The molecule has 1 aliphatic heterocycles. The largest absolute Gasteiger partial charge is 0.354 e. The van der Waals surface area contributed by atoms with Crippen LogP contribution in [0.2, 0.25) is 0 Å². The lowest BCUT2D eigenvalue weighted by molar-refractivity contribution is 0.0757. The van der Waals surface area contributed by atoms with E-state index in [4.69, 9.17) is 0 Å². The SMILES string of the molecule is CCN(CC)S(=O)(=O)c1cc(C(=O)N2CCCN(c3ncccc3C#N)CC2)n(C)c1. The molecule has 9 nitrogen and oxygen atoms in total. The summed E-state index contributed by atoms with van der Waals surface area (Å²) in [6.07, 6.45) is 3.88. The monoisotopic (exact) mass is 444 g/mol. The van der Waals surface area contributed by atoms with Crippen molar-refractivity contribution in [3.05, 3.63) is 41.9 Å². The van der Waals surface area contributed by atoms with Crippen LogP contribution in [0.25, 0.3) is 0 Å². The van der Waals surface area contributed by atoms with Crippen molar-refractivity contribution in [2.45, 2.75) is 25.2 Å². The van der Waals surface area contributed by atoms with Crippen molar-refractivity contribution in [1.29, 1.82) is 5.26 Å². The highest BCUT2D eigenvalue weighted by atomic mass is 32.2. The summed E-state index contributed by atoms with van der Waals surface area (Å²) in [7, 11) is -1.95. The molecule has 1 fully saturated rings. The predicted molar refractivity (Wildman–Crippen MR) is 117 cm³/mol. The van der Waals surface area contributed by atoms with Gasteiger partial charge in [0.2, 0.25) is 10.0 Å². The molecular weight excluding hydrogens is 416 g/mol. The molecule has 1 saturated heterocycles. The molecule has 0 bridgehead atoms. The topological polar surface area (TPSA) is 103 Å². The lowest BCUT2D eigenvalue weighted by atomic mass is 10.2. The summed E-state index contributed by atoms with van der Waals surface area (Å²) >= 11 is 0. The summed E-state index contributed by atoms with van der Waals surface area (Å²) in [5.74, 6) is 0.428. The van der Waals surface area contributed by atoms with E-state index < -0.39 is 10.0 Å². The Labute approximate surface area is 183 Å². The number of aromatic nitrogens is 2. The van der Waals surface area contributed by atoms with E-state index in [2.05, 4.69) is 11.1 Å². The van der Waals surface area contributed by atoms with Gasteiger partial charge in [0, 0.05) is 58.7 Å². The number of sulfonamides is 1. The van der Waals surface area contributed by atoms with Crippen molar-refractivity contribution in [3.63, 3.8) is 0 Å². The summed E-state index contributed by atoms with van der Waals surface area (Å²) < 4.78 is 28.6. The fourth-order valence-corrected chi connectivity index (χ4v) is 5.36. The number of carbonyl (C=O) groups excluding carboxylic acids is 1. The van der Waals surface area contributed by atoms with Crippen LogP contribution in [0.4, 0.5) is 5.82 Å². The first-order chi connectivity index (χ1) is 14.8. The van der Waals surface area contributed by atoms with Gasteiger partial charge in [0.25, 0.3) is 5.91 Å². The molecule has 0 unspecified atom stereocenters. The van der Waals surface area contributed by atoms with Gasteiger partial charge in [-0.1, -0.05) is 13.8 Å². The van der Waals surface area contributed by atoms with Gasteiger partial charge in [0.15, 0.2) is 0 Å². The molecule has 0 aromatic carbocycles. The van der Waals surface area contributed by atoms with Crippen LogP contribution in [0.3, 0.4) is 0 Å². The number of rotatable bonds is 6. The van der Waals surface area contributed by atoms with E-state index in [0.717, 1.165) is 6.42 Å². The zero-order valence-electron chi connectivity index (χ0n) is 18.2. The van der Waals surface area contributed by atoms with Gasteiger partial charge in [0.05, 0.1) is 5.56 Å². The van der Waals surface area contributed by atoms with Gasteiger partial charge in [0.1, 0.15) is 22.5 Å².